The first kappa shape index (κ1) is 32.5. The first-order valence-electron chi connectivity index (χ1n) is 7.76. The van der Waals surface area contributed by atoms with Crippen LogP contribution in [0.15, 0.2) is 0 Å². The van der Waals surface area contributed by atoms with Crippen LogP contribution in [0.2, 0.25) is 0 Å². The molecule has 0 aromatic carbocycles. The molecule has 0 saturated heterocycles. The smallest absolute Gasteiger partial charge is 0.759 e. The molecule has 1 unspecified atom stereocenters. The molecule has 0 amide bonds. The molecule has 0 heterocycles. The standard InChI is InChI=1S/C14H30O2.2Na.H2O4S/c1-2-3-4-5-6-7-8-9-10-11-12-14(16)13-15;;;1-5(2,3)4/h14-16H,2-13H2,1H3;;;(H2,1,2,3,4)/q;2*+1;/p-2. The molecule has 0 aliphatic rings. The first-order valence-corrected chi connectivity index (χ1v) is 9.10. The van der Waals surface area contributed by atoms with Crippen LogP contribution in [0, 0.1) is 0 Å². The normalized spacial score (nSPS) is 11.5. The molecular weight excluding hydrogens is 342 g/mol. The van der Waals surface area contributed by atoms with Crippen LogP contribution in [-0.2, 0) is 10.4 Å². The molecule has 0 fully saturated rings. The second kappa shape index (κ2) is 23.8. The van der Waals surface area contributed by atoms with Crippen molar-refractivity contribution in [3.8, 4) is 0 Å². The number of rotatable bonds is 12. The Morgan fingerprint density at radius 1 is 0.826 bits per heavy atom. The Hall–Kier alpha value is 1.79. The van der Waals surface area contributed by atoms with Crippen molar-refractivity contribution in [2.24, 2.45) is 0 Å². The third-order valence-corrected chi connectivity index (χ3v) is 3.10. The van der Waals surface area contributed by atoms with Gasteiger partial charge in [0.25, 0.3) is 0 Å². The van der Waals surface area contributed by atoms with E-state index in [9.17, 15) is 0 Å². The molecular formula is C14H30Na2O6S. The SMILES string of the molecule is CCCCCCCCCCCCC(O)CO.O=S(=O)([O-])[O-].[Na+].[Na+]. The molecule has 6 nitrogen and oxygen atoms in total. The van der Waals surface area contributed by atoms with Crippen LogP contribution in [0.5, 0.6) is 0 Å². The quantitative estimate of drug-likeness (QED) is 0.158. The van der Waals surface area contributed by atoms with Gasteiger partial charge in [-0.2, -0.15) is 0 Å². The maximum Gasteiger partial charge on any atom is 1.00 e. The van der Waals surface area contributed by atoms with Gasteiger partial charge in [0.15, 0.2) is 0 Å². The van der Waals surface area contributed by atoms with Crippen LogP contribution >= 0.6 is 0 Å². The van der Waals surface area contributed by atoms with Crippen LogP contribution in [0.4, 0.5) is 0 Å². The van der Waals surface area contributed by atoms with E-state index in [2.05, 4.69) is 6.92 Å². The van der Waals surface area contributed by atoms with Crippen molar-refractivity contribution in [3.63, 3.8) is 0 Å². The average molecular weight is 372 g/mol. The van der Waals surface area contributed by atoms with E-state index in [0.717, 1.165) is 12.8 Å². The second-order valence-corrected chi connectivity index (χ2v) is 6.03. The Morgan fingerprint density at radius 2 is 1.13 bits per heavy atom. The monoisotopic (exact) mass is 372 g/mol. The van der Waals surface area contributed by atoms with Crippen molar-refractivity contribution in [2.45, 2.75) is 83.7 Å². The van der Waals surface area contributed by atoms with Crippen LogP contribution in [0.25, 0.3) is 0 Å². The van der Waals surface area contributed by atoms with Gasteiger partial charge in [-0.05, 0) is 6.42 Å². The molecule has 9 heteroatoms. The molecule has 0 radical (unpaired) electrons. The van der Waals surface area contributed by atoms with Crippen molar-refractivity contribution in [1.82, 2.24) is 0 Å². The van der Waals surface area contributed by atoms with E-state index in [-0.39, 0.29) is 65.7 Å². The van der Waals surface area contributed by atoms with Crippen molar-refractivity contribution < 1.29 is 86.9 Å². The molecule has 0 aromatic heterocycles. The molecule has 1 atom stereocenters. The number of unbranched alkanes of at least 4 members (excludes halogenated alkanes) is 9. The van der Waals surface area contributed by atoms with Gasteiger partial charge in [-0.3, -0.25) is 8.42 Å². The summed E-state index contributed by atoms with van der Waals surface area (Å²) in [5.74, 6) is 0. The van der Waals surface area contributed by atoms with Gasteiger partial charge >= 0.3 is 59.1 Å². The Kier molecular flexibility index (Phi) is 33.6. The minimum absolute atomic E-state index is 0. The molecule has 0 rings (SSSR count). The Balaban J connectivity index is -0.000000225. The molecule has 0 aliphatic heterocycles. The van der Waals surface area contributed by atoms with Crippen molar-refractivity contribution >= 4 is 10.4 Å². The summed E-state index contributed by atoms with van der Waals surface area (Å²) in [6, 6.07) is 0. The summed E-state index contributed by atoms with van der Waals surface area (Å²) in [6.45, 7) is 2.16. The molecule has 0 aromatic rings. The van der Waals surface area contributed by atoms with Crippen molar-refractivity contribution in [2.75, 3.05) is 6.61 Å². The Bertz CT molecular complexity index is 294. The summed E-state index contributed by atoms with van der Waals surface area (Å²) < 4.78 is 34.1. The summed E-state index contributed by atoms with van der Waals surface area (Å²) >= 11 is 0. The summed E-state index contributed by atoms with van der Waals surface area (Å²) in [6.07, 6.45) is 13.4. The van der Waals surface area contributed by atoms with Crippen LogP contribution in [-0.4, -0.2) is 40.4 Å². The van der Waals surface area contributed by atoms with Gasteiger partial charge in [-0.1, -0.05) is 71.1 Å². The minimum Gasteiger partial charge on any atom is -0.759 e. The summed E-state index contributed by atoms with van der Waals surface area (Å²) in [4.78, 5) is 0. The van der Waals surface area contributed by atoms with Gasteiger partial charge in [0.2, 0.25) is 0 Å². The summed E-state index contributed by atoms with van der Waals surface area (Å²) in [5, 5.41) is 17.8. The fraction of sp³-hybridized carbons (Fsp3) is 1.00. The molecule has 0 aliphatic carbocycles. The average Bonchev–Trinajstić information content (AvgIpc) is 2.38. The third-order valence-electron chi connectivity index (χ3n) is 3.10. The molecule has 0 bridgehead atoms. The molecule has 0 saturated carbocycles. The number of aliphatic hydroxyl groups is 2. The largest absolute Gasteiger partial charge is 1.00 e. The van der Waals surface area contributed by atoms with E-state index in [1.165, 1.54) is 57.8 Å². The van der Waals surface area contributed by atoms with Gasteiger partial charge < -0.3 is 19.3 Å². The second-order valence-electron chi connectivity index (χ2n) is 5.22. The van der Waals surface area contributed by atoms with Crippen LogP contribution in [0.1, 0.15) is 77.6 Å². The maximum absolute atomic E-state index is 9.13. The van der Waals surface area contributed by atoms with Gasteiger partial charge in [0, 0.05) is 10.4 Å². The van der Waals surface area contributed by atoms with E-state index in [4.69, 9.17) is 27.7 Å². The number of hydrogen-bond acceptors (Lipinski definition) is 6. The van der Waals surface area contributed by atoms with Crippen molar-refractivity contribution in [1.29, 1.82) is 0 Å². The van der Waals surface area contributed by atoms with Crippen LogP contribution in [0.3, 0.4) is 0 Å². The summed E-state index contributed by atoms with van der Waals surface area (Å²) in [7, 11) is -5.17. The molecule has 2 N–H and O–H groups in total. The van der Waals surface area contributed by atoms with E-state index in [1.54, 1.807) is 0 Å². The van der Waals surface area contributed by atoms with Gasteiger partial charge in [0.1, 0.15) is 0 Å². The predicted octanol–water partition coefficient (Wildman–Crippen LogP) is -3.68. The molecule has 23 heavy (non-hydrogen) atoms. The van der Waals surface area contributed by atoms with E-state index < -0.39 is 16.5 Å². The topological polar surface area (TPSA) is 121 Å². The molecule has 0 spiro atoms. The van der Waals surface area contributed by atoms with E-state index in [1.807, 2.05) is 0 Å². The van der Waals surface area contributed by atoms with Gasteiger partial charge in [-0.25, -0.2) is 0 Å². The van der Waals surface area contributed by atoms with Gasteiger partial charge in [0.05, 0.1) is 12.7 Å². The third kappa shape index (κ3) is 45.3. The number of aliphatic hydroxyl groups excluding tert-OH is 2. The van der Waals surface area contributed by atoms with E-state index >= 15 is 0 Å². The zero-order valence-corrected chi connectivity index (χ0v) is 19.8. The predicted molar refractivity (Wildman–Crippen MR) is 80.0 cm³/mol. The van der Waals surface area contributed by atoms with Crippen LogP contribution < -0.4 is 59.1 Å². The zero-order chi connectivity index (χ0) is 16.6. The first-order chi connectivity index (χ1) is 9.81. The van der Waals surface area contributed by atoms with Crippen molar-refractivity contribution in [3.05, 3.63) is 0 Å². The number of hydrogen-bond donors (Lipinski definition) is 2. The summed E-state index contributed by atoms with van der Waals surface area (Å²) in [5.41, 5.74) is 0. The fourth-order valence-electron chi connectivity index (χ4n) is 1.96. The minimum atomic E-state index is -5.17. The van der Waals surface area contributed by atoms with E-state index in [0.29, 0.717) is 0 Å². The Morgan fingerprint density at radius 3 is 1.43 bits per heavy atom. The Labute approximate surface area is 186 Å². The maximum atomic E-state index is 9.13. The van der Waals surface area contributed by atoms with Gasteiger partial charge in [-0.15, -0.1) is 0 Å². The molecule has 130 valence electrons. The zero-order valence-electron chi connectivity index (χ0n) is 15.0. The fourth-order valence-corrected chi connectivity index (χ4v) is 1.96.